The van der Waals surface area contributed by atoms with E-state index in [-0.39, 0.29) is 22.3 Å². The quantitative estimate of drug-likeness (QED) is 0.821. The third kappa shape index (κ3) is 2.77. The highest BCUT2D eigenvalue weighted by atomic mass is 35.5. The number of nitrogens with zero attached hydrogens (tertiary/aromatic N) is 3. The maximum absolute atomic E-state index is 13.0. The maximum atomic E-state index is 13.0. The van der Waals surface area contributed by atoms with E-state index in [1.165, 1.54) is 15.6 Å². The molecule has 1 aromatic carbocycles. The van der Waals surface area contributed by atoms with Crippen LogP contribution in [0.3, 0.4) is 0 Å². The molecule has 3 rings (SSSR count). The van der Waals surface area contributed by atoms with Crippen molar-refractivity contribution in [1.29, 1.82) is 0 Å². The second-order valence-electron chi connectivity index (χ2n) is 5.90. The lowest BCUT2D eigenvalue weighted by Crippen LogP contribution is -2.23. The number of amides is 1. The van der Waals surface area contributed by atoms with Crippen LogP contribution in [0, 0.1) is 0 Å². The Morgan fingerprint density at radius 3 is 2.62 bits per heavy atom. The number of hydrogen-bond donors (Lipinski definition) is 0. The van der Waals surface area contributed by atoms with Crippen molar-refractivity contribution in [2.75, 3.05) is 14.1 Å². The zero-order valence-corrected chi connectivity index (χ0v) is 13.9. The van der Waals surface area contributed by atoms with Crippen LogP contribution in [0.2, 0.25) is 5.02 Å². The van der Waals surface area contributed by atoms with E-state index >= 15 is 0 Å². The van der Waals surface area contributed by atoms with Gasteiger partial charge in [0.2, 0.25) is 0 Å². The highest BCUT2D eigenvalue weighted by Gasteiger charge is 2.33. The summed E-state index contributed by atoms with van der Waals surface area (Å²) in [5.74, 6) is -0.269. The van der Waals surface area contributed by atoms with Gasteiger partial charge in [0.25, 0.3) is 5.91 Å². The topological polar surface area (TPSA) is 38.1 Å². The van der Waals surface area contributed by atoms with Gasteiger partial charge in [0.05, 0.1) is 16.3 Å². The second-order valence-corrected chi connectivity index (χ2v) is 6.31. The van der Waals surface area contributed by atoms with Crippen LogP contribution in [-0.2, 0) is 19.0 Å². The fourth-order valence-electron chi connectivity index (χ4n) is 2.87. The standard InChI is InChI=1S/C16H15ClF3N3O/c1-22(2)15(24)14-10-4-3-5-12(10)23(21-14)13-8-9(16(18,19)20)6-7-11(13)17/h6-8H,3-5H2,1-2H3. The lowest BCUT2D eigenvalue weighted by molar-refractivity contribution is -0.137. The molecule has 0 bridgehead atoms. The van der Waals surface area contributed by atoms with Gasteiger partial charge >= 0.3 is 6.18 Å². The van der Waals surface area contributed by atoms with Crippen molar-refractivity contribution in [2.24, 2.45) is 0 Å². The summed E-state index contributed by atoms with van der Waals surface area (Å²) in [4.78, 5) is 13.7. The highest BCUT2D eigenvalue weighted by Crippen LogP contribution is 2.35. The van der Waals surface area contributed by atoms with Gasteiger partial charge in [0, 0.05) is 25.4 Å². The van der Waals surface area contributed by atoms with E-state index in [1.807, 2.05) is 0 Å². The minimum Gasteiger partial charge on any atom is -0.343 e. The molecular formula is C16H15ClF3N3O. The Labute approximate surface area is 141 Å². The largest absolute Gasteiger partial charge is 0.416 e. The number of carbonyl (C=O) groups is 1. The fourth-order valence-corrected chi connectivity index (χ4v) is 3.07. The van der Waals surface area contributed by atoms with Crippen LogP contribution in [0.1, 0.15) is 33.7 Å². The van der Waals surface area contributed by atoms with Gasteiger partial charge < -0.3 is 4.90 Å². The van der Waals surface area contributed by atoms with Crippen molar-refractivity contribution in [2.45, 2.75) is 25.4 Å². The molecule has 1 aromatic heterocycles. The van der Waals surface area contributed by atoms with Gasteiger partial charge in [-0.3, -0.25) is 4.79 Å². The van der Waals surface area contributed by atoms with Crippen molar-refractivity contribution in [1.82, 2.24) is 14.7 Å². The molecule has 4 nitrogen and oxygen atoms in total. The molecule has 0 radical (unpaired) electrons. The second kappa shape index (κ2) is 5.81. The number of benzene rings is 1. The Morgan fingerprint density at radius 1 is 1.29 bits per heavy atom. The van der Waals surface area contributed by atoms with Gasteiger partial charge in [-0.05, 0) is 37.5 Å². The van der Waals surface area contributed by atoms with Crippen molar-refractivity contribution in [3.8, 4) is 5.69 Å². The lowest BCUT2D eigenvalue weighted by Gasteiger charge is -2.12. The smallest absolute Gasteiger partial charge is 0.343 e. The molecule has 128 valence electrons. The average Bonchev–Trinajstić information content (AvgIpc) is 3.08. The summed E-state index contributed by atoms with van der Waals surface area (Å²) in [7, 11) is 3.22. The Hall–Kier alpha value is -2.02. The molecule has 0 atom stereocenters. The summed E-state index contributed by atoms with van der Waals surface area (Å²) >= 11 is 6.11. The van der Waals surface area contributed by atoms with Gasteiger partial charge in [0.15, 0.2) is 5.69 Å². The Bertz CT molecular complexity index is 812. The molecule has 1 aliphatic rings. The molecule has 1 amide bonds. The van der Waals surface area contributed by atoms with Crippen LogP contribution in [-0.4, -0.2) is 34.7 Å². The zero-order chi connectivity index (χ0) is 17.6. The minimum absolute atomic E-state index is 0.141. The molecule has 1 aliphatic carbocycles. The van der Waals surface area contributed by atoms with Gasteiger partial charge in [-0.1, -0.05) is 11.6 Å². The van der Waals surface area contributed by atoms with Gasteiger partial charge in [-0.15, -0.1) is 0 Å². The number of halogens is 4. The number of carbonyl (C=O) groups excluding carboxylic acids is 1. The Balaban J connectivity index is 2.18. The van der Waals surface area contributed by atoms with Crippen LogP contribution >= 0.6 is 11.6 Å². The van der Waals surface area contributed by atoms with E-state index in [9.17, 15) is 18.0 Å². The minimum atomic E-state index is -4.47. The SMILES string of the molecule is CN(C)C(=O)c1nn(-c2cc(C(F)(F)F)ccc2Cl)c2c1CCC2. The molecular weight excluding hydrogens is 343 g/mol. The molecule has 0 fully saturated rings. The highest BCUT2D eigenvalue weighted by molar-refractivity contribution is 6.32. The molecule has 0 saturated heterocycles. The molecule has 1 heterocycles. The first-order valence-electron chi connectivity index (χ1n) is 7.39. The summed E-state index contributed by atoms with van der Waals surface area (Å²) in [6.07, 6.45) is -2.31. The van der Waals surface area contributed by atoms with E-state index < -0.39 is 11.7 Å². The van der Waals surface area contributed by atoms with Gasteiger partial charge in [-0.25, -0.2) is 4.68 Å². The summed E-state index contributed by atoms with van der Waals surface area (Å²) in [5.41, 5.74) is 1.16. The maximum Gasteiger partial charge on any atom is 0.416 e. The third-order valence-corrected chi connectivity index (χ3v) is 4.36. The number of rotatable bonds is 2. The number of aromatic nitrogens is 2. The van der Waals surface area contributed by atoms with E-state index in [0.717, 1.165) is 29.8 Å². The summed E-state index contributed by atoms with van der Waals surface area (Å²) in [6.45, 7) is 0. The predicted molar refractivity (Wildman–Crippen MR) is 83.6 cm³/mol. The number of alkyl halides is 3. The Morgan fingerprint density at radius 2 is 2.00 bits per heavy atom. The van der Waals surface area contributed by atoms with Crippen LogP contribution in [0.4, 0.5) is 13.2 Å². The molecule has 0 unspecified atom stereocenters. The molecule has 0 N–H and O–H groups in total. The van der Waals surface area contributed by atoms with Crippen LogP contribution < -0.4 is 0 Å². The van der Waals surface area contributed by atoms with Crippen molar-refractivity contribution in [3.63, 3.8) is 0 Å². The van der Waals surface area contributed by atoms with E-state index in [2.05, 4.69) is 5.10 Å². The first-order chi connectivity index (χ1) is 11.2. The van der Waals surface area contributed by atoms with Crippen molar-refractivity contribution < 1.29 is 18.0 Å². The normalized spacial score (nSPS) is 13.9. The van der Waals surface area contributed by atoms with Crippen LogP contribution in [0.5, 0.6) is 0 Å². The molecule has 2 aromatic rings. The fraction of sp³-hybridized carbons (Fsp3) is 0.375. The molecule has 8 heteroatoms. The van der Waals surface area contributed by atoms with Crippen LogP contribution in [0.15, 0.2) is 18.2 Å². The van der Waals surface area contributed by atoms with E-state index in [4.69, 9.17) is 11.6 Å². The number of hydrogen-bond acceptors (Lipinski definition) is 2. The monoisotopic (exact) mass is 357 g/mol. The zero-order valence-electron chi connectivity index (χ0n) is 13.1. The molecule has 0 saturated carbocycles. The van der Waals surface area contributed by atoms with Gasteiger partial charge in [-0.2, -0.15) is 18.3 Å². The summed E-state index contributed by atoms with van der Waals surface area (Å²) < 4.78 is 40.4. The average molecular weight is 358 g/mol. The predicted octanol–water partition coefficient (Wildman–Crippen LogP) is 3.74. The molecule has 0 spiro atoms. The van der Waals surface area contributed by atoms with Crippen molar-refractivity contribution in [3.05, 3.63) is 45.7 Å². The molecule has 24 heavy (non-hydrogen) atoms. The first-order valence-corrected chi connectivity index (χ1v) is 7.77. The third-order valence-electron chi connectivity index (χ3n) is 4.04. The lowest BCUT2D eigenvalue weighted by atomic mass is 10.1. The summed E-state index contributed by atoms with van der Waals surface area (Å²) in [6, 6.07) is 3.11. The van der Waals surface area contributed by atoms with Crippen molar-refractivity contribution >= 4 is 17.5 Å². The molecule has 0 aliphatic heterocycles. The first kappa shape index (κ1) is 16.8. The van der Waals surface area contributed by atoms with Gasteiger partial charge in [0.1, 0.15) is 0 Å². The summed E-state index contributed by atoms with van der Waals surface area (Å²) in [5, 5.41) is 4.44. The van der Waals surface area contributed by atoms with Crippen LogP contribution in [0.25, 0.3) is 5.69 Å². The van der Waals surface area contributed by atoms with E-state index in [1.54, 1.807) is 14.1 Å². The van der Waals surface area contributed by atoms with E-state index in [0.29, 0.717) is 12.8 Å². The number of fused-ring (bicyclic) bond motifs is 1. The Kier molecular flexibility index (Phi) is 4.07.